The van der Waals surface area contributed by atoms with E-state index in [-0.39, 0.29) is 24.7 Å². The summed E-state index contributed by atoms with van der Waals surface area (Å²) in [6.07, 6.45) is 8.19. The third-order valence-electron chi connectivity index (χ3n) is 8.74. The molecule has 0 aliphatic carbocycles. The number of hydrogen-bond acceptors (Lipinski definition) is 6. The van der Waals surface area contributed by atoms with Gasteiger partial charge >= 0.3 is 11.9 Å². The largest absolute Gasteiger partial charge is 0.428 e. The number of ether oxygens (including phenoxy) is 2. The lowest BCUT2D eigenvalue weighted by Crippen LogP contribution is -2.17. The van der Waals surface area contributed by atoms with Crippen LogP contribution in [-0.4, -0.2) is 46.2 Å². The van der Waals surface area contributed by atoms with E-state index >= 15 is 0 Å². The van der Waals surface area contributed by atoms with E-state index in [1.807, 2.05) is 52.8 Å². The summed E-state index contributed by atoms with van der Waals surface area (Å²) in [5.74, 6) is -1.26. The second-order valence-corrected chi connectivity index (χ2v) is 11.3. The average molecular weight is 599 g/mol. The van der Waals surface area contributed by atoms with E-state index in [0.717, 1.165) is 61.2 Å². The van der Waals surface area contributed by atoms with Crippen molar-refractivity contribution in [1.82, 2.24) is 15.3 Å². The summed E-state index contributed by atoms with van der Waals surface area (Å²) in [5, 5.41) is 4.56. The number of nitrogens with zero attached hydrogens (tertiary/aromatic N) is 1. The first-order chi connectivity index (χ1) is 21.0. The number of aliphatic imine (C=N–C) groups is 1. The fourth-order valence-corrected chi connectivity index (χ4v) is 6.08. The maximum atomic E-state index is 12.5. The molecule has 0 bridgehead atoms. The fourth-order valence-electron chi connectivity index (χ4n) is 6.08. The lowest BCUT2D eigenvalue weighted by Gasteiger charge is -2.08. The van der Waals surface area contributed by atoms with Gasteiger partial charge in [-0.1, -0.05) is 13.8 Å². The molecule has 5 heterocycles. The summed E-state index contributed by atoms with van der Waals surface area (Å²) in [6.45, 7) is 11.2. The van der Waals surface area contributed by atoms with Crippen LogP contribution in [0, 0.1) is 13.8 Å². The molecule has 0 aromatic carbocycles. The molecule has 44 heavy (non-hydrogen) atoms. The zero-order valence-corrected chi connectivity index (χ0v) is 26.1. The topological polar surface area (TPSA) is 143 Å². The third kappa shape index (κ3) is 5.89. The number of H-pyrrole nitrogens is 2. The van der Waals surface area contributed by atoms with Gasteiger partial charge in [0.15, 0.2) is 0 Å². The third-order valence-corrected chi connectivity index (χ3v) is 8.74. The molecule has 3 aliphatic rings. The summed E-state index contributed by atoms with van der Waals surface area (Å²) in [5.41, 5.74) is 10.0. The van der Waals surface area contributed by atoms with Crippen LogP contribution < -0.4 is 16.0 Å². The van der Waals surface area contributed by atoms with Gasteiger partial charge < -0.3 is 24.8 Å². The number of aromatic amines is 2. The minimum atomic E-state index is -0.469. The lowest BCUT2D eigenvalue weighted by molar-refractivity contribution is -0.167. The Morgan fingerprint density at radius 2 is 1.45 bits per heavy atom. The van der Waals surface area contributed by atoms with Gasteiger partial charge in [0.05, 0.1) is 5.71 Å². The van der Waals surface area contributed by atoms with Crippen molar-refractivity contribution in [3.05, 3.63) is 72.3 Å². The molecule has 0 saturated heterocycles. The number of allylic oxidation sites excluding steroid dienone is 2. The summed E-state index contributed by atoms with van der Waals surface area (Å²) >= 11 is 0. The van der Waals surface area contributed by atoms with Crippen molar-refractivity contribution in [2.45, 2.75) is 80.1 Å². The van der Waals surface area contributed by atoms with E-state index in [1.54, 1.807) is 6.92 Å². The maximum absolute atomic E-state index is 12.5. The van der Waals surface area contributed by atoms with E-state index in [4.69, 9.17) is 9.47 Å². The first-order valence-corrected chi connectivity index (χ1v) is 15.0. The smallest absolute Gasteiger partial charge is 0.308 e. The summed E-state index contributed by atoms with van der Waals surface area (Å²) in [4.78, 5) is 61.0. The van der Waals surface area contributed by atoms with E-state index in [1.165, 1.54) is 0 Å². The molecule has 0 atom stereocenters. The van der Waals surface area contributed by atoms with Crippen molar-refractivity contribution in [3.63, 3.8) is 0 Å². The number of carbonyl (C=O) groups is 4. The Morgan fingerprint density at radius 3 is 2.11 bits per heavy atom. The minimum absolute atomic E-state index is 0.0916. The average Bonchev–Trinajstić information content (AvgIpc) is 3.63. The highest BCUT2D eigenvalue weighted by atomic mass is 16.7. The minimum Gasteiger partial charge on any atom is -0.428 e. The molecule has 3 N–H and O–H groups in total. The predicted octanol–water partition coefficient (Wildman–Crippen LogP) is 3.40. The van der Waals surface area contributed by atoms with Crippen LogP contribution in [-0.2, 0) is 41.5 Å². The Balaban J connectivity index is 1.69. The van der Waals surface area contributed by atoms with Gasteiger partial charge in [0.25, 0.3) is 11.8 Å². The molecule has 10 heteroatoms. The molecule has 5 rings (SSSR count). The molecule has 10 nitrogen and oxygen atoms in total. The Bertz CT molecular complexity index is 1840. The van der Waals surface area contributed by atoms with E-state index in [0.29, 0.717) is 42.5 Å². The van der Waals surface area contributed by atoms with Gasteiger partial charge in [-0.2, -0.15) is 0 Å². The number of hydrogen-bond donors (Lipinski definition) is 3. The number of carbonyl (C=O) groups excluding carboxylic acids is 4. The van der Waals surface area contributed by atoms with Gasteiger partial charge in [0, 0.05) is 51.8 Å². The van der Waals surface area contributed by atoms with E-state index < -0.39 is 18.7 Å². The van der Waals surface area contributed by atoms with Crippen LogP contribution >= 0.6 is 0 Å². The van der Waals surface area contributed by atoms with Gasteiger partial charge in [-0.25, -0.2) is 4.99 Å². The van der Waals surface area contributed by atoms with Crippen molar-refractivity contribution in [1.29, 1.82) is 0 Å². The molecule has 2 aromatic heterocycles. The SMILES string of the molecule is CCC1=C(C)C(=O)N=C1/C=c1\[nH]/c2c(c1C)CCC(=O)OCOC(=O)CCc1c([nH]c(/C=C3\NC(=O)C(C)=C3CC)c1C)/C=2. The molecule has 2 amide bonds. The number of nitrogens with one attached hydrogen (secondary N) is 3. The standard InChI is InChI=1S/C34H38N4O6/c1-7-21-19(5)33(41)37-27(21)13-25-17(3)23-9-11-31(39)43-16-44-32(40)12-10-24-18(4)26(36-30(24)15-29(23)35-25)14-28-22(8-2)20(6)34(42)38-28/h13-15,35-36H,7-12,16H2,1-6H3,(H,37,41)/b26-14-,27-13-,30-15-. The molecular weight excluding hydrogens is 560 g/mol. The highest BCUT2D eigenvalue weighted by Crippen LogP contribution is 2.28. The Kier molecular flexibility index (Phi) is 8.71. The predicted molar refractivity (Wildman–Crippen MR) is 167 cm³/mol. The van der Waals surface area contributed by atoms with Crippen LogP contribution in [0.4, 0.5) is 0 Å². The van der Waals surface area contributed by atoms with Gasteiger partial charge in [-0.05, 0) is 105 Å². The number of fused-ring (bicyclic) bond motifs is 2. The number of rotatable bonds is 4. The zero-order valence-electron chi connectivity index (χ0n) is 26.1. The molecule has 0 radical (unpaired) electrons. The quantitative estimate of drug-likeness (QED) is 0.461. The molecule has 230 valence electrons. The molecule has 0 fully saturated rings. The number of cyclic esters (lactones) is 2. The second kappa shape index (κ2) is 12.5. The molecule has 0 unspecified atom stereocenters. The Morgan fingerprint density at radius 1 is 0.795 bits per heavy atom. The van der Waals surface area contributed by atoms with Gasteiger partial charge in [-0.15, -0.1) is 0 Å². The second-order valence-electron chi connectivity index (χ2n) is 11.3. The summed E-state index contributed by atoms with van der Waals surface area (Å²) in [7, 11) is 0. The van der Waals surface area contributed by atoms with Crippen LogP contribution in [0.1, 0.15) is 87.0 Å². The lowest BCUT2D eigenvalue weighted by atomic mass is 10.0. The highest BCUT2D eigenvalue weighted by molar-refractivity contribution is 6.30. The molecular formula is C34H38N4O6. The maximum Gasteiger partial charge on any atom is 0.308 e. The normalized spacial score (nSPS) is 20.2. The first-order valence-electron chi connectivity index (χ1n) is 15.0. The summed E-state index contributed by atoms with van der Waals surface area (Å²) < 4.78 is 10.3. The van der Waals surface area contributed by atoms with Crippen LogP contribution in [0.25, 0.3) is 18.2 Å². The van der Waals surface area contributed by atoms with Crippen molar-refractivity contribution < 1.29 is 28.7 Å². The van der Waals surface area contributed by atoms with Crippen LogP contribution in [0.5, 0.6) is 0 Å². The monoisotopic (exact) mass is 598 g/mol. The Hall–Kier alpha value is -4.73. The van der Waals surface area contributed by atoms with Gasteiger partial charge in [-0.3, -0.25) is 19.2 Å². The molecule has 0 saturated carbocycles. The van der Waals surface area contributed by atoms with Crippen molar-refractivity contribution >= 4 is 47.7 Å². The Labute approximate surface area is 255 Å². The van der Waals surface area contributed by atoms with Gasteiger partial charge in [0.2, 0.25) is 6.79 Å². The van der Waals surface area contributed by atoms with Crippen molar-refractivity contribution in [3.8, 4) is 0 Å². The van der Waals surface area contributed by atoms with Crippen LogP contribution in [0.3, 0.4) is 0 Å². The van der Waals surface area contributed by atoms with Gasteiger partial charge in [0.1, 0.15) is 0 Å². The van der Waals surface area contributed by atoms with Crippen LogP contribution in [0.15, 0.2) is 33.0 Å². The van der Waals surface area contributed by atoms with Crippen molar-refractivity contribution in [2.75, 3.05) is 6.79 Å². The fraction of sp³-hybridized carbons (Fsp3) is 0.382. The number of amides is 2. The van der Waals surface area contributed by atoms with E-state index in [2.05, 4.69) is 20.3 Å². The highest BCUT2D eigenvalue weighted by Gasteiger charge is 2.24. The van der Waals surface area contributed by atoms with Crippen LogP contribution in [0.2, 0.25) is 0 Å². The molecule has 2 aromatic rings. The number of aromatic nitrogens is 2. The van der Waals surface area contributed by atoms with E-state index in [9.17, 15) is 19.2 Å². The van der Waals surface area contributed by atoms with Crippen molar-refractivity contribution in [2.24, 2.45) is 4.99 Å². The molecule has 3 aliphatic heterocycles. The first kappa shape index (κ1) is 30.7. The number of esters is 2. The molecule has 0 spiro atoms. The summed E-state index contributed by atoms with van der Waals surface area (Å²) in [6, 6.07) is 0. The zero-order chi connectivity index (χ0) is 31.7.